The van der Waals surface area contributed by atoms with Crippen molar-refractivity contribution in [2.45, 2.75) is 39.0 Å². The second-order valence-corrected chi connectivity index (χ2v) is 7.49. The summed E-state index contributed by atoms with van der Waals surface area (Å²) in [7, 11) is 0. The molecule has 9 nitrogen and oxygen atoms in total. The van der Waals surface area contributed by atoms with Crippen LogP contribution in [-0.4, -0.2) is 49.2 Å². The number of aromatic amines is 1. The summed E-state index contributed by atoms with van der Waals surface area (Å²) < 4.78 is 6.51. The van der Waals surface area contributed by atoms with Crippen molar-refractivity contribution in [1.29, 1.82) is 0 Å². The number of Topliss-reactive ketones (excluding diaryl/α,β-unsaturated/α-hetero) is 1. The summed E-state index contributed by atoms with van der Waals surface area (Å²) >= 11 is 0. The summed E-state index contributed by atoms with van der Waals surface area (Å²) in [6, 6.07) is 0. The number of amides is 1. The van der Waals surface area contributed by atoms with Crippen molar-refractivity contribution in [2.24, 2.45) is 5.92 Å². The van der Waals surface area contributed by atoms with Crippen LogP contribution < -0.4 is 5.56 Å². The lowest BCUT2D eigenvalue weighted by molar-refractivity contribution is -0.132. The molecule has 1 saturated heterocycles. The van der Waals surface area contributed by atoms with Gasteiger partial charge in [0.2, 0.25) is 11.6 Å². The lowest BCUT2D eigenvalue weighted by Gasteiger charge is -2.31. The molecule has 0 aliphatic carbocycles. The molecule has 152 valence electrons. The minimum atomic E-state index is -0.221. The fourth-order valence-corrected chi connectivity index (χ4v) is 3.84. The number of fused-ring (bicyclic) bond motifs is 1. The van der Waals surface area contributed by atoms with Crippen LogP contribution in [0.5, 0.6) is 0 Å². The minimum absolute atomic E-state index is 0.0347. The molecule has 1 aliphatic heterocycles. The normalized spacial score (nSPS) is 15.1. The fourth-order valence-electron chi connectivity index (χ4n) is 3.84. The number of hydrogen-bond donors (Lipinski definition) is 1. The first-order valence-electron chi connectivity index (χ1n) is 9.80. The van der Waals surface area contributed by atoms with Crippen molar-refractivity contribution in [1.82, 2.24) is 24.4 Å². The number of hydrogen-bond acceptors (Lipinski definition) is 6. The number of aryl methyl sites for hydroxylation is 2. The second kappa shape index (κ2) is 8.02. The number of H-pyrrole nitrogens is 1. The number of piperidine rings is 1. The molecule has 9 heteroatoms. The van der Waals surface area contributed by atoms with E-state index in [1.807, 2.05) is 18.0 Å². The second-order valence-electron chi connectivity index (χ2n) is 7.49. The Hall–Kier alpha value is -3.23. The van der Waals surface area contributed by atoms with Crippen molar-refractivity contribution in [2.75, 3.05) is 13.1 Å². The standard InChI is InChI=1S/C20H23N5O4/c1-13-9-21-19-20(28)23-16(11-25(13)19)3-2-4-17(26)24-7-5-14(6-8-24)18(27)15-10-22-29-12-15/h9-12,14H,2-8H2,1H3,(H,23,28). The van der Waals surface area contributed by atoms with E-state index >= 15 is 0 Å². The van der Waals surface area contributed by atoms with Crippen molar-refractivity contribution in [3.63, 3.8) is 0 Å². The van der Waals surface area contributed by atoms with Crippen molar-refractivity contribution in [3.8, 4) is 0 Å². The molecule has 1 fully saturated rings. The molecule has 0 atom stereocenters. The predicted molar refractivity (Wildman–Crippen MR) is 104 cm³/mol. The highest BCUT2D eigenvalue weighted by Crippen LogP contribution is 2.22. The van der Waals surface area contributed by atoms with Crippen molar-refractivity contribution in [3.05, 3.63) is 52.2 Å². The molecule has 0 aromatic carbocycles. The van der Waals surface area contributed by atoms with Crippen LogP contribution >= 0.6 is 0 Å². The molecular formula is C20H23N5O4. The number of aromatic nitrogens is 4. The first-order valence-corrected chi connectivity index (χ1v) is 9.80. The monoisotopic (exact) mass is 397 g/mol. The SMILES string of the molecule is Cc1cnc2c(=O)[nH]c(CCCC(=O)N3CCC(C(=O)c4cnoc4)CC3)cn12. The van der Waals surface area contributed by atoms with E-state index in [9.17, 15) is 14.4 Å². The maximum atomic E-state index is 12.5. The lowest BCUT2D eigenvalue weighted by Crippen LogP contribution is -2.40. The molecule has 0 spiro atoms. The smallest absolute Gasteiger partial charge is 0.291 e. The summed E-state index contributed by atoms with van der Waals surface area (Å²) in [5, 5.41) is 3.58. The van der Waals surface area contributed by atoms with E-state index in [1.54, 1.807) is 10.6 Å². The zero-order chi connectivity index (χ0) is 20.4. The molecule has 4 rings (SSSR count). The van der Waals surface area contributed by atoms with Crippen LogP contribution in [0, 0.1) is 12.8 Å². The Kier molecular flexibility index (Phi) is 5.28. The average molecular weight is 397 g/mol. The Bertz CT molecular complexity index is 1070. The van der Waals surface area contributed by atoms with Gasteiger partial charge in [0.05, 0.1) is 11.8 Å². The van der Waals surface area contributed by atoms with Gasteiger partial charge < -0.3 is 14.4 Å². The molecular weight excluding hydrogens is 374 g/mol. The lowest BCUT2D eigenvalue weighted by atomic mass is 9.90. The Morgan fingerprint density at radius 1 is 1.28 bits per heavy atom. The number of nitrogens with zero attached hydrogens (tertiary/aromatic N) is 4. The maximum absolute atomic E-state index is 12.5. The highest BCUT2D eigenvalue weighted by molar-refractivity contribution is 5.97. The van der Waals surface area contributed by atoms with Gasteiger partial charge in [-0.05, 0) is 32.6 Å². The maximum Gasteiger partial charge on any atom is 0.291 e. The summed E-state index contributed by atoms with van der Waals surface area (Å²) in [4.78, 5) is 45.7. The number of carbonyl (C=O) groups is 2. The molecule has 0 bridgehead atoms. The number of imidazole rings is 1. The predicted octanol–water partition coefficient (Wildman–Crippen LogP) is 1.76. The summed E-state index contributed by atoms with van der Waals surface area (Å²) in [6.07, 6.45) is 9.30. The third-order valence-corrected chi connectivity index (χ3v) is 5.52. The van der Waals surface area contributed by atoms with Crippen LogP contribution in [0.4, 0.5) is 0 Å². The number of rotatable bonds is 6. The fraction of sp³-hybridized carbons (Fsp3) is 0.450. The van der Waals surface area contributed by atoms with E-state index in [0.29, 0.717) is 56.4 Å². The van der Waals surface area contributed by atoms with Gasteiger partial charge in [0, 0.05) is 49.2 Å². The van der Waals surface area contributed by atoms with E-state index in [-0.39, 0.29) is 23.2 Å². The highest BCUT2D eigenvalue weighted by Gasteiger charge is 2.28. The third kappa shape index (κ3) is 3.98. The van der Waals surface area contributed by atoms with E-state index in [1.165, 1.54) is 12.5 Å². The molecule has 29 heavy (non-hydrogen) atoms. The number of nitrogens with one attached hydrogen (secondary N) is 1. The van der Waals surface area contributed by atoms with Gasteiger partial charge in [0.15, 0.2) is 5.78 Å². The van der Waals surface area contributed by atoms with E-state index < -0.39 is 0 Å². The Morgan fingerprint density at radius 3 is 2.79 bits per heavy atom. The molecule has 1 amide bonds. The molecule has 1 aliphatic rings. The van der Waals surface area contributed by atoms with Gasteiger partial charge in [-0.1, -0.05) is 5.16 Å². The molecule has 3 aromatic rings. The topological polar surface area (TPSA) is 114 Å². The largest absolute Gasteiger partial charge is 0.364 e. The zero-order valence-corrected chi connectivity index (χ0v) is 16.3. The van der Waals surface area contributed by atoms with Crippen molar-refractivity contribution < 1.29 is 14.1 Å². The molecule has 0 unspecified atom stereocenters. The summed E-state index contributed by atoms with van der Waals surface area (Å²) in [6.45, 7) is 3.05. The van der Waals surface area contributed by atoms with Crippen LogP contribution in [0.25, 0.3) is 5.65 Å². The first-order chi connectivity index (χ1) is 14.0. The van der Waals surface area contributed by atoms with Gasteiger partial charge in [-0.2, -0.15) is 0 Å². The summed E-state index contributed by atoms with van der Waals surface area (Å²) in [5.41, 5.74) is 2.34. The number of ketones is 1. The van der Waals surface area contributed by atoms with Gasteiger partial charge in [-0.15, -0.1) is 0 Å². The third-order valence-electron chi connectivity index (χ3n) is 5.52. The average Bonchev–Trinajstić information content (AvgIpc) is 3.38. The molecule has 0 radical (unpaired) electrons. The summed E-state index contributed by atoms with van der Waals surface area (Å²) in [5.74, 6) is 0.0317. The minimum Gasteiger partial charge on any atom is -0.364 e. The van der Waals surface area contributed by atoms with E-state index in [4.69, 9.17) is 4.52 Å². The number of carbonyl (C=O) groups excluding carboxylic acids is 2. The molecule has 3 aromatic heterocycles. The van der Waals surface area contributed by atoms with Crippen LogP contribution in [0.1, 0.15) is 47.4 Å². The highest BCUT2D eigenvalue weighted by atomic mass is 16.5. The Balaban J connectivity index is 1.27. The van der Waals surface area contributed by atoms with Gasteiger partial charge >= 0.3 is 0 Å². The number of likely N-dealkylation sites (tertiary alicyclic amines) is 1. The van der Waals surface area contributed by atoms with E-state index in [2.05, 4.69) is 15.1 Å². The zero-order valence-electron chi connectivity index (χ0n) is 16.3. The van der Waals surface area contributed by atoms with Gasteiger partial charge in [-0.25, -0.2) is 4.98 Å². The van der Waals surface area contributed by atoms with Crippen LogP contribution in [0.2, 0.25) is 0 Å². The Labute approximate surface area is 166 Å². The van der Waals surface area contributed by atoms with Crippen LogP contribution in [0.15, 0.2) is 34.2 Å². The van der Waals surface area contributed by atoms with Crippen LogP contribution in [0.3, 0.4) is 0 Å². The quantitative estimate of drug-likeness (QED) is 0.634. The molecule has 1 N–H and O–H groups in total. The Morgan fingerprint density at radius 2 is 2.07 bits per heavy atom. The van der Waals surface area contributed by atoms with Crippen LogP contribution in [-0.2, 0) is 11.2 Å². The van der Waals surface area contributed by atoms with Gasteiger partial charge in [0.1, 0.15) is 6.26 Å². The van der Waals surface area contributed by atoms with Crippen molar-refractivity contribution >= 4 is 17.3 Å². The first kappa shape index (κ1) is 19.1. The van der Waals surface area contributed by atoms with E-state index in [0.717, 1.165) is 11.4 Å². The molecule has 4 heterocycles. The van der Waals surface area contributed by atoms with Gasteiger partial charge in [0.25, 0.3) is 5.56 Å². The van der Waals surface area contributed by atoms with Gasteiger partial charge in [-0.3, -0.25) is 18.8 Å². The molecule has 0 saturated carbocycles.